The fourth-order valence-corrected chi connectivity index (χ4v) is 3.43. The third-order valence-corrected chi connectivity index (χ3v) is 5.10. The lowest BCUT2D eigenvalue weighted by molar-refractivity contribution is 0.0951. The van der Waals surface area contributed by atoms with Crippen molar-refractivity contribution in [1.82, 2.24) is 15.2 Å². The number of hydrogen-bond donors (Lipinski definition) is 2. The Bertz CT molecular complexity index is 1290. The molecule has 4 rings (SSSR count). The van der Waals surface area contributed by atoms with E-state index < -0.39 is 0 Å². The number of nitrogens with one attached hydrogen (secondary N) is 2. The smallest absolute Gasteiger partial charge is 0.252 e. The third kappa shape index (κ3) is 5.04. The first-order valence-electron chi connectivity index (χ1n) is 10.4. The van der Waals surface area contributed by atoms with Gasteiger partial charge in [-0.05, 0) is 61.6 Å². The van der Waals surface area contributed by atoms with Gasteiger partial charge in [-0.15, -0.1) is 0 Å². The number of aromatic amines is 1. The number of pyridine rings is 1. The monoisotopic (exact) mass is 427 g/mol. The summed E-state index contributed by atoms with van der Waals surface area (Å²) in [7, 11) is 3.94. The molecule has 6 heteroatoms. The van der Waals surface area contributed by atoms with Crippen LogP contribution in [-0.4, -0.2) is 43.0 Å². The van der Waals surface area contributed by atoms with E-state index in [9.17, 15) is 9.59 Å². The van der Waals surface area contributed by atoms with E-state index in [2.05, 4.69) is 10.3 Å². The predicted octanol–water partition coefficient (Wildman–Crippen LogP) is 4.28. The summed E-state index contributed by atoms with van der Waals surface area (Å²) in [6.07, 6.45) is 0. The van der Waals surface area contributed by atoms with Crippen LogP contribution in [0.25, 0.3) is 22.0 Å². The molecule has 3 aromatic carbocycles. The van der Waals surface area contributed by atoms with Crippen molar-refractivity contribution in [3.63, 3.8) is 0 Å². The van der Waals surface area contributed by atoms with Crippen LogP contribution in [0.5, 0.6) is 11.5 Å². The minimum atomic E-state index is -0.214. The van der Waals surface area contributed by atoms with Crippen LogP contribution in [0, 0.1) is 0 Å². The van der Waals surface area contributed by atoms with Gasteiger partial charge in [-0.3, -0.25) is 9.59 Å². The summed E-state index contributed by atoms with van der Waals surface area (Å²) < 4.78 is 6.07. The number of amides is 1. The fraction of sp³-hybridized carbons (Fsp3) is 0.154. The summed E-state index contributed by atoms with van der Waals surface area (Å²) in [5.41, 5.74) is 3.06. The lowest BCUT2D eigenvalue weighted by Crippen LogP contribution is -2.31. The lowest BCUT2D eigenvalue weighted by atomic mass is 10.0. The zero-order valence-corrected chi connectivity index (χ0v) is 18.1. The van der Waals surface area contributed by atoms with Gasteiger partial charge in [0.05, 0.1) is 5.52 Å². The molecule has 0 atom stereocenters. The Morgan fingerprint density at radius 1 is 0.938 bits per heavy atom. The number of ether oxygens (including phenoxy) is 1. The summed E-state index contributed by atoms with van der Waals surface area (Å²) in [5, 5.41) is 3.75. The van der Waals surface area contributed by atoms with E-state index in [1.165, 1.54) is 6.07 Å². The maximum atomic E-state index is 12.3. The topological polar surface area (TPSA) is 74.4 Å². The zero-order valence-electron chi connectivity index (χ0n) is 18.1. The Balaban J connectivity index is 1.53. The summed E-state index contributed by atoms with van der Waals surface area (Å²) in [6.45, 7) is 1.39. The molecule has 1 heterocycles. The lowest BCUT2D eigenvalue weighted by Gasteiger charge is -2.11. The molecule has 0 aliphatic heterocycles. The molecule has 0 radical (unpaired) electrons. The molecule has 32 heavy (non-hydrogen) atoms. The minimum Gasteiger partial charge on any atom is -0.456 e. The largest absolute Gasteiger partial charge is 0.456 e. The number of fused-ring (bicyclic) bond motifs is 1. The Kier molecular flexibility index (Phi) is 6.33. The minimum absolute atomic E-state index is 0.0864. The highest BCUT2D eigenvalue weighted by molar-refractivity contribution is 5.94. The van der Waals surface area contributed by atoms with Crippen molar-refractivity contribution in [2.75, 3.05) is 27.2 Å². The van der Waals surface area contributed by atoms with Crippen LogP contribution in [0.15, 0.2) is 83.7 Å². The molecular formula is C26H25N3O3. The van der Waals surface area contributed by atoms with Crippen molar-refractivity contribution in [3.05, 3.63) is 94.8 Å². The number of para-hydroxylation sites is 1. The fourth-order valence-electron chi connectivity index (χ4n) is 3.43. The van der Waals surface area contributed by atoms with Gasteiger partial charge in [-0.1, -0.05) is 36.4 Å². The predicted molar refractivity (Wildman–Crippen MR) is 127 cm³/mol. The number of carbonyl (C=O) groups excluding carboxylic acids is 1. The van der Waals surface area contributed by atoms with Crippen LogP contribution < -0.4 is 15.6 Å². The number of aromatic nitrogens is 1. The first kappa shape index (κ1) is 21.3. The van der Waals surface area contributed by atoms with Gasteiger partial charge in [-0.25, -0.2) is 0 Å². The molecule has 0 spiro atoms. The molecular weight excluding hydrogens is 402 g/mol. The molecule has 0 aliphatic carbocycles. The van der Waals surface area contributed by atoms with Crippen LogP contribution in [0.2, 0.25) is 0 Å². The zero-order chi connectivity index (χ0) is 22.5. The van der Waals surface area contributed by atoms with Crippen LogP contribution in [0.3, 0.4) is 0 Å². The van der Waals surface area contributed by atoms with Gasteiger partial charge in [0.15, 0.2) is 0 Å². The van der Waals surface area contributed by atoms with Crippen LogP contribution in [-0.2, 0) is 0 Å². The molecule has 162 valence electrons. The van der Waals surface area contributed by atoms with Crippen LogP contribution >= 0.6 is 0 Å². The molecule has 4 aromatic rings. The van der Waals surface area contributed by atoms with Crippen molar-refractivity contribution in [2.24, 2.45) is 0 Å². The average molecular weight is 428 g/mol. The number of benzene rings is 3. The van der Waals surface area contributed by atoms with E-state index in [1.807, 2.05) is 91.8 Å². The van der Waals surface area contributed by atoms with Gasteiger partial charge in [-0.2, -0.15) is 0 Å². The Hall–Kier alpha value is -3.90. The van der Waals surface area contributed by atoms with Gasteiger partial charge in [0, 0.05) is 30.1 Å². The normalized spacial score (nSPS) is 11.0. The first-order valence-corrected chi connectivity index (χ1v) is 10.4. The van der Waals surface area contributed by atoms with Crippen LogP contribution in [0.4, 0.5) is 0 Å². The second kappa shape index (κ2) is 9.49. The molecule has 6 nitrogen and oxygen atoms in total. The van der Waals surface area contributed by atoms with Crippen molar-refractivity contribution in [1.29, 1.82) is 0 Å². The molecule has 1 aromatic heterocycles. The van der Waals surface area contributed by atoms with Gasteiger partial charge >= 0.3 is 0 Å². The average Bonchev–Trinajstić information content (AvgIpc) is 2.79. The maximum Gasteiger partial charge on any atom is 0.252 e. The summed E-state index contributed by atoms with van der Waals surface area (Å²) in [5.74, 6) is 1.05. The Morgan fingerprint density at radius 3 is 2.50 bits per heavy atom. The highest BCUT2D eigenvalue weighted by atomic mass is 16.5. The Morgan fingerprint density at radius 2 is 1.72 bits per heavy atom. The SMILES string of the molecule is CN(C)CCNC(=O)c1ccc(-c2cccc(Oc3cc(=O)[nH]c4ccccc34)c2)cc1. The molecule has 0 fully saturated rings. The van der Waals surface area contributed by atoms with E-state index in [0.717, 1.165) is 28.6 Å². The number of rotatable bonds is 7. The number of H-pyrrole nitrogens is 1. The third-order valence-electron chi connectivity index (χ3n) is 5.10. The quantitative estimate of drug-likeness (QED) is 0.462. The van der Waals surface area contributed by atoms with Gasteiger partial charge < -0.3 is 19.9 Å². The van der Waals surface area contributed by atoms with Crippen molar-refractivity contribution < 1.29 is 9.53 Å². The molecule has 2 N–H and O–H groups in total. The highest BCUT2D eigenvalue weighted by Gasteiger charge is 2.09. The molecule has 0 unspecified atom stereocenters. The summed E-state index contributed by atoms with van der Waals surface area (Å²) >= 11 is 0. The highest BCUT2D eigenvalue weighted by Crippen LogP contribution is 2.30. The van der Waals surface area contributed by atoms with Crippen LogP contribution in [0.1, 0.15) is 10.4 Å². The van der Waals surface area contributed by atoms with Crippen molar-refractivity contribution >= 4 is 16.8 Å². The van der Waals surface area contributed by atoms with E-state index in [4.69, 9.17) is 4.74 Å². The second-order valence-electron chi connectivity index (χ2n) is 7.81. The number of carbonyl (C=O) groups is 1. The number of likely N-dealkylation sites (N-methyl/N-ethyl adjacent to an activating group) is 1. The first-order chi connectivity index (χ1) is 15.5. The summed E-state index contributed by atoms with van der Waals surface area (Å²) in [6, 6.07) is 24.1. The molecule has 1 amide bonds. The van der Waals surface area contributed by atoms with E-state index in [0.29, 0.717) is 23.6 Å². The number of nitrogens with zero attached hydrogens (tertiary/aromatic N) is 1. The molecule has 0 saturated heterocycles. The molecule has 0 aliphatic rings. The standard InChI is InChI=1S/C26H25N3O3/c1-29(2)15-14-27-26(31)19-12-10-18(11-13-19)20-6-5-7-21(16-20)32-24-17-25(30)28-23-9-4-3-8-22(23)24/h3-13,16-17H,14-15H2,1-2H3,(H,27,31)(H,28,30). The van der Waals surface area contributed by atoms with Gasteiger partial charge in [0.1, 0.15) is 11.5 Å². The summed E-state index contributed by atoms with van der Waals surface area (Å²) in [4.78, 5) is 29.1. The maximum absolute atomic E-state index is 12.3. The van der Waals surface area contributed by atoms with E-state index >= 15 is 0 Å². The van der Waals surface area contributed by atoms with Gasteiger partial charge in [0.2, 0.25) is 0 Å². The van der Waals surface area contributed by atoms with Gasteiger partial charge in [0.25, 0.3) is 11.5 Å². The number of hydrogen-bond acceptors (Lipinski definition) is 4. The van der Waals surface area contributed by atoms with E-state index in [-0.39, 0.29) is 11.5 Å². The molecule has 0 saturated carbocycles. The Labute approximate surface area is 186 Å². The molecule has 0 bridgehead atoms. The van der Waals surface area contributed by atoms with E-state index in [1.54, 1.807) is 0 Å². The van der Waals surface area contributed by atoms with Crippen molar-refractivity contribution in [2.45, 2.75) is 0 Å². The van der Waals surface area contributed by atoms with Crippen molar-refractivity contribution in [3.8, 4) is 22.6 Å². The second-order valence-corrected chi connectivity index (χ2v) is 7.81.